The zero-order valence-electron chi connectivity index (χ0n) is 16.7. The van der Waals surface area contributed by atoms with Crippen molar-refractivity contribution in [2.45, 2.75) is 31.8 Å². The fraction of sp³-hybridized carbons (Fsp3) is 0.304. The van der Waals surface area contributed by atoms with Crippen LogP contribution in [0.15, 0.2) is 54.7 Å². The fourth-order valence-corrected chi connectivity index (χ4v) is 3.84. The van der Waals surface area contributed by atoms with Crippen molar-refractivity contribution >= 4 is 5.91 Å². The topological polar surface area (TPSA) is 65.4 Å². The third-order valence-corrected chi connectivity index (χ3v) is 5.36. The molecule has 0 radical (unpaired) electrons. The highest BCUT2D eigenvalue weighted by Gasteiger charge is 2.26. The van der Waals surface area contributed by atoms with Crippen molar-refractivity contribution in [3.05, 3.63) is 77.1 Å². The van der Waals surface area contributed by atoms with E-state index >= 15 is 0 Å². The first kappa shape index (κ1) is 19.1. The molecule has 6 heteroatoms. The Bertz CT molecular complexity index is 976. The lowest BCUT2D eigenvalue weighted by molar-refractivity contribution is 0.0932. The Hall–Kier alpha value is -3.28. The molecular weight excluding hydrogens is 366 g/mol. The van der Waals surface area contributed by atoms with Crippen molar-refractivity contribution in [2.75, 3.05) is 14.2 Å². The molecule has 0 unspecified atom stereocenters. The summed E-state index contributed by atoms with van der Waals surface area (Å²) in [6, 6.07) is 15.4. The van der Waals surface area contributed by atoms with E-state index in [0.29, 0.717) is 17.1 Å². The van der Waals surface area contributed by atoms with E-state index in [-0.39, 0.29) is 11.9 Å². The number of carbonyl (C=O) groups is 1. The van der Waals surface area contributed by atoms with Crippen LogP contribution in [-0.2, 0) is 13.0 Å². The van der Waals surface area contributed by atoms with Crippen LogP contribution in [0.25, 0.3) is 0 Å². The molecule has 4 rings (SSSR count). The van der Waals surface area contributed by atoms with E-state index in [9.17, 15) is 4.79 Å². The molecule has 1 amide bonds. The van der Waals surface area contributed by atoms with E-state index in [1.54, 1.807) is 32.4 Å². The van der Waals surface area contributed by atoms with Crippen LogP contribution >= 0.6 is 0 Å². The quantitative estimate of drug-likeness (QED) is 0.695. The van der Waals surface area contributed by atoms with Gasteiger partial charge in [0.1, 0.15) is 11.5 Å². The Morgan fingerprint density at radius 2 is 1.86 bits per heavy atom. The molecule has 1 aromatic heterocycles. The van der Waals surface area contributed by atoms with Gasteiger partial charge in [-0.3, -0.25) is 9.48 Å². The van der Waals surface area contributed by atoms with Gasteiger partial charge in [0.25, 0.3) is 5.91 Å². The number of rotatable bonds is 6. The van der Waals surface area contributed by atoms with Crippen LogP contribution in [0.2, 0.25) is 0 Å². The molecule has 2 aromatic carbocycles. The molecule has 0 bridgehead atoms. The van der Waals surface area contributed by atoms with Gasteiger partial charge in [-0.15, -0.1) is 0 Å². The summed E-state index contributed by atoms with van der Waals surface area (Å²) in [5.41, 5.74) is 4.04. The fourth-order valence-electron chi connectivity index (χ4n) is 3.84. The number of nitrogens with one attached hydrogen (secondary N) is 1. The van der Waals surface area contributed by atoms with Crippen LogP contribution in [0, 0.1) is 0 Å². The molecule has 0 saturated carbocycles. The lowest BCUT2D eigenvalue weighted by atomic mass is 9.92. The third kappa shape index (κ3) is 4.11. The monoisotopic (exact) mass is 391 g/mol. The van der Waals surface area contributed by atoms with Gasteiger partial charge in [0.05, 0.1) is 33.0 Å². The highest BCUT2D eigenvalue weighted by Crippen LogP contribution is 2.31. The summed E-state index contributed by atoms with van der Waals surface area (Å²) < 4.78 is 12.6. The Morgan fingerprint density at radius 1 is 1.14 bits per heavy atom. The number of nitrogens with zero attached hydrogens (tertiary/aromatic N) is 2. The minimum absolute atomic E-state index is 0.0482. The Kier molecular flexibility index (Phi) is 5.51. The predicted molar refractivity (Wildman–Crippen MR) is 110 cm³/mol. The van der Waals surface area contributed by atoms with Gasteiger partial charge in [0.15, 0.2) is 0 Å². The number of fused-ring (bicyclic) bond motifs is 1. The molecule has 1 heterocycles. The molecule has 0 spiro atoms. The summed E-state index contributed by atoms with van der Waals surface area (Å²) in [7, 11) is 3.15. The zero-order valence-corrected chi connectivity index (χ0v) is 16.7. The Labute approximate surface area is 170 Å². The normalized spacial score (nSPS) is 15.4. The van der Waals surface area contributed by atoms with E-state index in [1.165, 1.54) is 11.3 Å². The van der Waals surface area contributed by atoms with E-state index in [4.69, 9.17) is 9.47 Å². The lowest BCUT2D eigenvalue weighted by Crippen LogP contribution is -2.31. The van der Waals surface area contributed by atoms with Crippen LogP contribution < -0.4 is 14.8 Å². The standard InChI is InChI=1S/C23H25N3O3/c1-28-18-11-17(12-19(13-18)29-2)23(27)25-21-9-6-10-22-20(21)14-24-26(22)15-16-7-4-3-5-8-16/h3-5,7-8,11-14,21H,6,9-10,15H2,1-2H3,(H,25,27)/t21-/m1/s1. The highest BCUT2D eigenvalue weighted by atomic mass is 16.5. The number of benzene rings is 2. The molecule has 1 N–H and O–H groups in total. The molecular formula is C23H25N3O3. The molecule has 0 aliphatic heterocycles. The maximum Gasteiger partial charge on any atom is 0.252 e. The number of hydrogen-bond donors (Lipinski definition) is 1. The van der Waals surface area contributed by atoms with Gasteiger partial charge >= 0.3 is 0 Å². The average Bonchev–Trinajstić information content (AvgIpc) is 3.17. The van der Waals surface area contributed by atoms with E-state index < -0.39 is 0 Å². The molecule has 1 aliphatic carbocycles. The summed E-state index contributed by atoms with van der Waals surface area (Å²) in [6.45, 7) is 0.740. The van der Waals surface area contributed by atoms with E-state index in [1.807, 2.05) is 24.4 Å². The molecule has 1 atom stereocenters. The largest absolute Gasteiger partial charge is 0.497 e. The van der Waals surface area contributed by atoms with Gasteiger partial charge in [-0.25, -0.2) is 0 Å². The highest BCUT2D eigenvalue weighted by molar-refractivity contribution is 5.95. The summed E-state index contributed by atoms with van der Waals surface area (Å²) in [5, 5.41) is 7.77. The minimum atomic E-state index is -0.143. The van der Waals surface area contributed by atoms with Gasteiger partial charge in [-0.2, -0.15) is 5.10 Å². The second kappa shape index (κ2) is 8.39. The van der Waals surface area contributed by atoms with E-state index in [2.05, 4.69) is 27.2 Å². The number of methoxy groups -OCH3 is 2. The van der Waals surface area contributed by atoms with Crippen LogP contribution in [0.1, 0.15) is 46.1 Å². The van der Waals surface area contributed by atoms with Gasteiger partial charge in [-0.1, -0.05) is 30.3 Å². The summed E-state index contributed by atoms with van der Waals surface area (Å²) in [4.78, 5) is 12.9. The van der Waals surface area contributed by atoms with Crippen LogP contribution in [-0.4, -0.2) is 29.9 Å². The molecule has 6 nitrogen and oxygen atoms in total. The van der Waals surface area contributed by atoms with Crippen molar-refractivity contribution in [1.29, 1.82) is 0 Å². The van der Waals surface area contributed by atoms with Crippen LogP contribution in [0.4, 0.5) is 0 Å². The number of ether oxygens (including phenoxy) is 2. The number of aromatic nitrogens is 2. The van der Waals surface area contributed by atoms with Gasteiger partial charge in [-0.05, 0) is 37.0 Å². The molecule has 0 fully saturated rings. The molecule has 1 aliphatic rings. The Balaban J connectivity index is 1.54. The van der Waals surface area contributed by atoms with Crippen molar-refractivity contribution in [3.8, 4) is 11.5 Å². The zero-order chi connectivity index (χ0) is 20.2. The molecule has 29 heavy (non-hydrogen) atoms. The molecule has 150 valence electrons. The van der Waals surface area contributed by atoms with Crippen molar-refractivity contribution in [3.63, 3.8) is 0 Å². The smallest absolute Gasteiger partial charge is 0.252 e. The number of hydrogen-bond acceptors (Lipinski definition) is 4. The summed E-state index contributed by atoms with van der Waals surface area (Å²) >= 11 is 0. The second-order valence-corrected chi connectivity index (χ2v) is 7.21. The number of carbonyl (C=O) groups excluding carboxylic acids is 1. The SMILES string of the molecule is COc1cc(OC)cc(C(=O)N[C@@H]2CCCc3c2cnn3Cc2ccccc2)c1. The first-order chi connectivity index (χ1) is 14.2. The van der Waals surface area contributed by atoms with Crippen LogP contribution in [0.5, 0.6) is 11.5 Å². The second-order valence-electron chi connectivity index (χ2n) is 7.21. The predicted octanol–water partition coefficient (Wildman–Crippen LogP) is 3.76. The van der Waals surface area contributed by atoms with Crippen LogP contribution in [0.3, 0.4) is 0 Å². The third-order valence-electron chi connectivity index (χ3n) is 5.36. The maximum absolute atomic E-state index is 12.9. The maximum atomic E-state index is 12.9. The minimum Gasteiger partial charge on any atom is -0.497 e. The molecule has 3 aromatic rings. The molecule has 0 saturated heterocycles. The average molecular weight is 391 g/mol. The van der Waals surface area contributed by atoms with Gasteiger partial charge < -0.3 is 14.8 Å². The Morgan fingerprint density at radius 3 is 2.55 bits per heavy atom. The first-order valence-electron chi connectivity index (χ1n) is 9.80. The van der Waals surface area contributed by atoms with Crippen molar-refractivity contribution in [1.82, 2.24) is 15.1 Å². The first-order valence-corrected chi connectivity index (χ1v) is 9.80. The number of amides is 1. The summed E-state index contributed by atoms with van der Waals surface area (Å²) in [6.07, 6.45) is 4.78. The van der Waals surface area contributed by atoms with Gasteiger partial charge in [0, 0.05) is 22.9 Å². The lowest BCUT2D eigenvalue weighted by Gasteiger charge is -2.24. The van der Waals surface area contributed by atoms with Gasteiger partial charge in [0.2, 0.25) is 0 Å². The summed E-state index contributed by atoms with van der Waals surface area (Å²) in [5.74, 6) is 1.04. The van der Waals surface area contributed by atoms with E-state index in [0.717, 1.165) is 31.4 Å². The van der Waals surface area contributed by atoms with Crippen molar-refractivity contribution < 1.29 is 14.3 Å². The van der Waals surface area contributed by atoms with Crippen molar-refractivity contribution in [2.24, 2.45) is 0 Å².